The summed E-state index contributed by atoms with van der Waals surface area (Å²) >= 11 is 0. The first-order chi connectivity index (χ1) is 11.8. The Hall–Kier alpha value is -3.01. The lowest BCUT2D eigenvalue weighted by Gasteiger charge is -2.23. The molecule has 0 bridgehead atoms. The third kappa shape index (κ3) is 2.78. The van der Waals surface area contributed by atoms with Crippen molar-refractivity contribution in [1.82, 2.24) is 14.9 Å². The molecule has 4 heteroatoms. The van der Waals surface area contributed by atoms with Crippen molar-refractivity contribution in [2.75, 3.05) is 7.11 Å². The lowest BCUT2D eigenvalue weighted by atomic mass is 10.1. The fraction of sp³-hybridized carbons (Fsp3) is 0.150. The van der Waals surface area contributed by atoms with Crippen molar-refractivity contribution in [3.05, 3.63) is 77.7 Å². The molecule has 4 nitrogen and oxygen atoms in total. The van der Waals surface area contributed by atoms with Crippen LogP contribution in [0.25, 0.3) is 17.5 Å². The van der Waals surface area contributed by atoms with Gasteiger partial charge in [0, 0.05) is 23.9 Å². The highest BCUT2D eigenvalue weighted by atomic mass is 16.5. The van der Waals surface area contributed by atoms with Gasteiger partial charge in [0.15, 0.2) is 0 Å². The van der Waals surface area contributed by atoms with Gasteiger partial charge in [-0.1, -0.05) is 48.5 Å². The maximum absolute atomic E-state index is 5.45. The standard InChI is InChI=1S/C20H19N3O/c1-24-19-10-6-5-9-16(19)13-23-12-11-17-18(14-23)22-20(21-17)15-7-3-2-4-8-15/h2-12H,13-14H2,1H3,(H,21,22). The molecule has 0 unspecified atom stereocenters. The molecule has 1 N–H and O–H groups in total. The fourth-order valence-corrected chi connectivity index (χ4v) is 3.01. The summed E-state index contributed by atoms with van der Waals surface area (Å²) < 4.78 is 5.45. The van der Waals surface area contributed by atoms with Gasteiger partial charge in [-0.3, -0.25) is 0 Å². The molecule has 0 atom stereocenters. The van der Waals surface area contributed by atoms with E-state index in [0.29, 0.717) is 0 Å². The molecule has 2 aromatic carbocycles. The van der Waals surface area contributed by atoms with E-state index in [2.05, 4.69) is 40.4 Å². The highest BCUT2D eigenvalue weighted by Crippen LogP contribution is 2.26. The second-order valence-electron chi connectivity index (χ2n) is 5.85. The zero-order valence-corrected chi connectivity index (χ0v) is 13.6. The van der Waals surface area contributed by atoms with Gasteiger partial charge in [-0.2, -0.15) is 0 Å². The number of H-pyrrole nitrogens is 1. The molecule has 3 aromatic rings. The van der Waals surface area contributed by atoms with Crippen LogP contribution in [0.3, 0.4) is 0 Å². The number of fused-ring (bicyclic) bond motifs is 1. The van der Waals surface area contributed by atoms with E-state index in [4.69, 9.17) is 9.72 Å². The molecule has 4 rings (SSSR count). The third-order valence-corrected chi connectivity index (χ3v) is 4.23. The van der Waals surface area contributed by atoms with Crippen molar-refractivity contribution in [3.63, 3.8) is 0 Å². The van der Waals surface area contributed by atoms with Gasteiger partial charge in [-0.15, -0.1) is 0 Å². The molecule has 0 saturated heterocycles. The Balaban J connectivity index is 1.55. The average Bonchev–Trinajstić information content (AvgIpc) is 3.06. The van der Waals surface area contributed by atoms with Gasteiger partial charge in [-0.25, -0.2) is 4.98 Å². The smallest absolute Gasteiger partial charge is 0.138 e. The quantitative estimate of drug-likeness (QED) is 0.788. The molecule has 24 heavy (non-hydrogen) atoms. The predicted molar refractivity (Wildman–Crippen MR) is 95.3 cm³/mol. The summed E-state index contributed by atoms with van der Waals surface area (Å²) in [5, 5.41) is 0. The van der Waals surface area contributed by atoms with Crippen molar-refractivity contribution >= 4 is 6.08 Å². The number of nitrogens with one attached hydrogen (secondary N) is 1. The Morgan fingerprint density at radius 2 is 1.88 bits per heavy atom. The Kier molecular flexibility index (Phi) is 3.79. The number of benzene rings is 2. The summed E-state index contributed by atoms with van der Waals surface area (Å²) in [5.74, 6) is 1.84. The number of imidazole rings is 1. The molecule has 0 aliphatic carbocycles. The first kappa shape index (κ1) is 14.6. The largest absolute Gasteiger partial charge is 0.496 e. The van der Waals surface area contributed by atoms with Crippen LogP contribution < -0.4 is 4.74 Å². The van der Waals surface area contributed by atoms with Gasteiger partial charge in [0.05, 0.1) is 25.0 Å². The van der Waals surface area contributed by atoms with Gasteiger partial charge in [0.25, 0.3) is 0 Å². The number of methoxy groups -OCH3 is 1. The van der Waals surface area contributed by atoms with Crippen molar-refractivity contribution < 1.29 is 4.74 Å². The second kappa shape index (κ2) is 6.24. The first-order valence-corrected chi connectivity index (χ1v) is 8.02. The topological polar surface area (TPSA) is 41.1 Å². The minimum atomic E-state index is 0.805. The van der Waals surface area contributed by atoms with Crippen LogP contribution in [0.15, 0.2) is 60.8 Å². The van der Waals surface area contributed by atoms with E-state index >= 15 is 0 Å². The Morgan fingerprint density at radius 3 is 2.71 bits per heavy atom. The van der Waals surface area contributed by atoms with E-state index in [1.54, 1.807) is 7.11 Å². The molecule has 2 heterocycles. The Labute approximate surface area is 141 Å². The molecule has 0 amide bonds. The number of aromatic nitrogens is 2. The minimum Gasteiger partial charge on any atom is -0.496 e. The van der Waals surface area contributed by atoms with Crippen LogP contribution in [-0.2, 0) is 13.1 Å². The highest BCUT2D eigenvalue weighted by Gasteiger charge is 2.17. The zero-order chi connectivity index (χ0) is 16.4. The van der Waals surface area contributed by atoms with E-state index in [9.17, 15) is 0 Å². The highest BCUT2D eigenvalue weighted by molar-refractivity contribution is 5.60. The second-order valence-corrected chi connectivity index (χ2v) is 5.85. The van der Waals surface area contributed by atoms with E-state index in [1.165, 1.54) is 5.56 Å². The lowest BCUT2D eigenvalue weighted by molar-refractivity contribution is 0.341. The minimum absolute atomic E-state index is 0.805. The summed E-state index contributed by atoms with van der Waals surface area (Å²) in [6.45, 7) is 1.61. The monoisotopic (exact) mass is 317 g/mol. The van der Waals surface area contributed by atoms with E-state index in [-0.39, 0.29) is 0 Å². The number of nitrogens with zero attached hydrogens (tertiary/aromatic N) is 2. The van der Waals surface area contributed by atoms with Crippen molar-refractivity contribution in [3.8, 4) is 17.1 Å². The summed E-state index contributed by atoms with van der Waals surface area (Å²) in [6, 6.07) is 18.3. The molecule has 1 aromatic heterocycles. The number of ether oxygens (including phenoxy) is 1. The number of rotatable bonds is 4. The summed E-state index contributed by atoms with van der Waals surface area (Å²) in [7, 11) is 1.71. The van der Waals surface area contributed by atoms with Crippen molar-refractivity contribution in [1.29, 1.82) is 0 Å². The van der Waals surface area contributed by atoms with Gasteiger partial charge < -0.3 is 14.6 Å². The zero-order valence-electron chi connectivity index (χ0n) is 13.6. The van der Waals surface area contributed by atoms with Gasteiger partial charge in [-0.05, 0) is 12.1 Å². The van der Waals surface area contributed by atoms with Gasteiger partial charge in [0.1, 0.15) is 11.6 Å². The number of hydrogen-bond acceptors (Lipinski definition) is 3. The Bertz CT molecular complexity index is 868. The summed E-state index contributed by atoms with van der Waals surface area (Å²) in [5.41, 5.74) is 4.45. The number of hydrogen-bond donors (Lipinski definition) is 1. The average molecular weight is 317 g/mol. The number of para-hydroxylation sites is 1. The van der Waals surface area contributed by atoms with Crippen molar-refractivity contribution in [2.24, 2.45) is 0 Å². The maximum Gasteiger partial charge on any atom is 0.138 e. The fourth-order valence-electron chi connectivity index (χ4n) is 3.01. The van der Waals surface area contributed by atoms with Crippen LogP contribution in [-0.4, -0.2) is 22.0 Å². The molecular weight excluding hydrogens is 298 g/mol. The molecule has 0 saturated carbocycles. The maximum atomic E-state index is 5.45. The van der Waals surface area contributed by atoms with E-state index in [0.717, 1.165) is 41.6 Å². The summed E-state index contributed by atoms with van der Waals surface area (Å²) in [6.07, 6.45) is 4.17. The summed E-state index contributed by atoms with van der Waals surface area (Å²) in [4.78, 5) is 10.4. The van der Waals surface area contributed by atoms with E-state index in [1.807, 2.05) is 36.4 Å². The van der Waals surface area contributed by atoms with Gasteiger partial charge in [0.2, 0.25) is 0 Å². The molecule has 0 fully saturated rings. The third-order valence-electron chi connectivity index (χ3n) is 4.23. The molecule has 120 valence electrons. The van der Waals surface area contributed by atoms with Crippen LogP contribution in [0.2, 0.25) is 0 Å². The molecule has 0 radical (unpaired) electrons. The van der Waals surface area contributed by atoms with Crippen LogP contribution >= 0.6 is 0 Å². The SMILES string of the molecule is COc1ccccc1CN1C=Cc2nc(-c3ccccc3)[nH]c2C1. The lowest BCUT2D eigenvalue weighted by Crippen LogP contribution is -2.19. The Morgan fingerprint density at radius 1 is 1.08 bits per heavy atom. The molecular formula is C20H19N3O. The van der Waals surface area contributed by atoms with Crippen LogP contribution in [0.5, 0.6) is 5.75 Å². The first-order valence-electron chi connectivity index (χ1n) is 8.02. The van der Waals surface area contributed by atoms with Crippen LogP contribution in [0.1, 0.15) is 17.0 Å². The normalized spacial score (nSPS) is 13.0. The van der Waals surface area contributed by atoms with E-state index < -0.39 is 0 Å². The van der Waals surface area contributed by atoms with Crippen molar-refractivity contribution in [2.45, 2.75) is 13.1 Å². The van der Waals surface area contributed by atoms with Crippen LogP contribution in [0.4, 0.5) is 0 Å². The predicted octanol–water partition coefficient (Wildman–Crippen LogP) is 4.07. The van der Waals surface area contributed by atoms with Gasteiger partial charge >= 0.3 is 0 Å². The van der Waals surface area contributed by atoms with Crippen LogP contribution in [0, 0.1) is 0 Å². The number of aromatic amines is 1. The molecule has 0 spiro atoms. The molecule has 1 aliphatic heterocycles. The molecule has 1 aliphatic rings.